The number of benzene rings is 2. The van der Waals surface area contributed by atoms with Gasteiger partial charge in [-0.05, 0) is 81.6 Å². The van der Waals surface area contributed by atoms with Crippen molar-refractivity contribution in [2.45, 2.75) is 52.4 Å². The molecule has 0 aromatic heterocycles. The lowest BCUT2D eigenvalue weighted by atomic mass is 10.1. The fourth-order valence-corrected chi connectivity index (χ4v) is 3.57. The van der Waals surface area contributed by atoms with E-state index in [4.69, 9.17) is 9.47 Å². The normalized spacial score (nSPS) is 16.3. The minimum absolute atomic E-state index is 0.129. The molecule has 3 rings (SSSR count). The van der Waals surface area contributed by atoms with Gasteiger partial charge >= 0.3 is 0 Å². The maximum atomic E-state index is 12.4. The first kappa shape index (κ1) is 21.2. The molecule has 0 bridgehead atoms. The third-order valence-corrected chi connectivity index (χ3v) is 5.24. The Morgan fingerprint density at radius 2 is 1.69 bits per heavy atom. The molecule has 1 aliphatic rings. The Morgan fingerprint density at radius 1 is 1.07 bits per heavy atom. The van der Waals surface area contributed by atoms with Crippen molar-refractivity contribution in [3.63, 3.8) is 0 Å². The molecule has 1 fully saturated rings. The van der Waals surface area contributed by atoms with E-state index in [0.29, 0.717) is 12.6 Å². The van der Waals surface area contributed by atoms with Crippen molar-refractivity contribution >= 4 is 5.91 Å². The van der Waals surface area contributed by atoms with Crippen molar-refractivity contribution in [1.82, 2.24) is 10.2 Å². The van der Waals surface area contributed by atoms with Crippen LogP contribution < -0.4 is 14.8 Å². The predicted octanol–water partition coefficient (Wildman–Crippen LogP) is 3.86. The number of nitrogens with zero attached hydrogens (tertiary/aromatic N) is 1. The molecule has 0 radical (unpaired) electrons. The maximum absolute atomic E-state index is 12.4. The van der Waals surface area contributed by atoms with Gasteiger partial charge in [0.25, 0.3) is 5.91 Å². The van der Waals surface area contributed by atoms with Crippen LogP contribution in [0.25, 0.3) is 0 Å². The van der Waals surface area contributed by atoms with E-state index in [-0.39, 0.29) is 5.91 Å². The highest BCUT2D eigenvalue weighted by molar-refractivity contribution is 5.80. The van der Waals surface area contributed by atoms with Gasteiger partial charge < -0.3 is 19.7 Å². The first-order valence-electron chi connectivity index (χ1n) is 10.4. The largest absolute Gasteiger partial charge is 0.490 e. The number of aryl methyl sites for hydroxylation is 2. The van der Waals surface area contributed by atoms with Crippen LogP contribution in [-0.2, 0) is 11.3 Å². The number of piperidine rings is 1. The fraction of sp³-hybridized carbons (Fsp3) is 0.458. The zero-order chi connectivity index (χ0) is 20.8. The fourth-order valence-electron chi connectivity index (χ4n) is 3.57. The quantitative estimate of drug-likeness (QED) is 0.772. The van der Waals surface area contributed by atoms with Gasteiger partial charge in [0, 0.05) is 19.6 Å². The van der Waals surface area contributed by atoms with Gasteiger partial charge in [0.15, 0.2) is 6.10 Å². The van der Waals surface area contributed by atoms with Crippen LogP contribution in [0, 0.1) is 13.8 Å². The first-order valence-corrected chi connectivity index (χ1v) is 10.4. The summed E-state index contributed by atoms with van der Waals surface area (Å²) in [6.45, 7) is 8.43. The number of carbonyl (C=O) groups excluding carboxylic acids is 1. The molecule has 1 heterocycles. The molecule has 0 spiro atoms. The van der Waals surface area contributed by atoms with Crippen molar-refractivity contribution in [3.05, 3.63) is 59.2 Å². The molecule has 5 nitrogen and oxygen atoms in total. The summed E-state index contributed by atoms with van der Waals surface area (Å²) >= 11 is 0. The van der Waals surface area contributed by atoms with Crippen LogP contribution in [0.5, 0.6) is 11.5 Å². The van der Waals surface area contributed by atoms with E-state index in [1.165, 1.54) is 0 Å². The Labute approximate surface area is 174 Å². The highest BCUT2D eigenvalue weighted by Crippen LogP contribution is 2.20. The minimum Gasteiger partial charge on any atom is -0.490 e. The second-order valence-electron chi connectivity index (χ2n) is 8.07. The number of hydrogen-bond acceptors (Lipinski definition) is 4. The molecule has 1 saturated heterocycles. The summed E-state index contributed by atoms with van der Waals surface area (Å²) in [5.41, 5.74) is 3.28. The van der Waals surface area contributed by atoms with Crippen molar-refractivity contribution in [3.8, 4) is 11.5 Å². The maximum Gasteiger partial charge on any atom is 0.261 e. The Morgan fingerprint density at radius 3 is 2.31 bits per heavy atom. The van der Waals surface area contributed by atoms with Crippen LogP contribution in [0.1, 0.15) is 36.5 Å². The lowest BCUT2D eigenvalue weighted by Crippen LogP contribution is -2.36. The summed E-state index contributed by atoms with van der Waals surface area (Å²) in [6, 6.07) is 13.9. The Hall–Kier alpha value is -2.53. The number of ether oxygens (including phenoxy) is 2. The van der Waals surface area contributed by atoms with Crippen molar-refractivity contribution < 1.29 is 14.3 Å². The smallest absolute Gasteiger partial charge is 0.261 e. The van der Waals surface area contributed by atoms with Gasteiger partial charge in [-0.2, -0.15) is 0 Å². The van der Waals surface area contributed by atoms with Gasteiger partial charge in [0.2, 0.25) is 0 Å². The van der Waals surface area contributed by atoms with E-state index in [1.807, 2.05) is 50.2 Å². The Kier molecular flexibility index (Phi) is 7.15. The van der Waals surface area contributed by atoms with Gasteiger partial charge in [0.1, 0.15) is 17.6 Å². The van der Waals surface area contributed by atoms with Crippen molar-refractivity contribution in [2.24, 2.45) is 0 Å². The Bertz CT molecular complexity index is 791. The topological polar surface area (TPSA) is 50.8 Å². The molecule has 29 heavy (non-hydrogen) atoms. The van der Waals surface area contributed by atoms with Gasteiger partial charge in [0.05, 0.1) is 0 Å². The summed E-state index contributed by atoms with van der Waals surface area (Å²) in [5.74, 6) is 1.48. The summed E-state index contributed by atoms with van der Waals surface area (Å²) < 4.78 is 11.9. The summed E-state index contributed by atoms with van der Waals surface area (Å²) in [6.07, 6.45) is 1.86. The van der Waals surface area contributed by atoms with Crippen LogP contribution in [-0.4, -0.2) is 43.2 Å². The number of likely N-dealkylation sites (tertiary alicyclic amines) is 1. The predicted molar refractivity (Wildman–Crippen MR) is 115 cm³/mol. The molecule has 1 aliphatic heterocycles. The van der Waals surface area contributed by atoms with E-state index >= 15 is 0 Å². The van der Waals surface area contributed by atoms with Gasteiger partial charge in [-0.25, -0.2) is 0 Å². The van der Waals surface area contributed by atoms with E-state index in [1.54, 1.807) is 6.92 Å². The van der Waals surface area contributed by atoms with Crippen molar-refractivity contribution in [1.29, 1.82) is 0 Å². The van der Waals surface area contributed by atoms with E-state index in [9.17, 15) is 4.79 Å². The Balaban J connectivity index is 1.45. The van der Waals surface area contributed by atoms with Crippen LogP contribution in [0.3, 0.4) is 0 Å². The summed E-state index contributed by atoms with van der Waals surface area (Å²) in [5, 5.41) is 2.94. The van der Waals surface area contributed by atoms with Crippen LogP contribution in [0.2, 0.25) is 0 Å². The molecule has 2 aromatic rings. The molecule has 5 heteroatoms. The number of hydrogen-bond donors (Lipinski definition) is 1. The van der Waals surface area contributed by atoms with Crippen molar-refractivity contribution in [2.75, 3.05) is 20.1 Å². The second kappa shape index (κ2) is 9.79. The summed E-state index contributed by atoms with van der Waals surface area (Å²) in [4.78, 5) is 14.7. The molecule has 0 saturated carbocycles. The second-order valence-corrected chi connectivity index (χ2v) is 8.07. The molecule has 0 unspecified atom stereocenters. The molecule has 1 amide bonds. The van der Waals surface area contributed by atoms with Crippen LogP contribution in [0.15, 0.2) is 42.5 Å². The first-order chi connectivity index (χ1) is 13.9. The number of amides is 1. The highest BCUT2D eigenvalue weighted by atomic mass is 16.5. The molecular formula is C24H32N2O3. The van der Waals surface area contributed by atoms with E-state index < -0.39 is 6.10 Å². The van der Waals surface area contributed by atoms with Gasteiger partial charge in [-0.15, -0.1) is 0 Å². The molecule has 2 aromatic carbocycles. The zero-order valence-corrected chi connectivity index (χ0v) is 17.9. The standard InChI is InChI=1S/C24H32N2O3/c1-17-13-18(2)15-23(14-17)28-19(3)24(27)25-16-20-5-7-21(8-6-20)29-22-9-11-26(4)12-10-22/h5-8,13-15,19,22H,9-12,16H2,1-4H3,(H,25,27)/t19-/m0/s1. The summed E-state index contributed by atoms with van der Waals surface area (Å²) in [7, 11) is 2.15. The average Bonchev–Trinajstić information content (AvgIpc) is 2.68. The van der Waals surface area contributed by atoms with Crippen LogP contribution in [0.4, 0.5) is 0 Å². The lowest BCUT2D eigenvalue weighted by Gasteiger charge is -2.29. The number of carbonyl (C=O) groups is 1. The highest BCUT2D eigenvalue weighted by Gasteiger charge is 2.18. The van der Waals surface area contributed by atoms with E-state index in [2.05, 4.69) is 23.3 Å². The molecule has 156 valence electrons. The minimum atomic E-state index is -0.553. The SMILES string of the molecule is Cc1cc(C)cc(O[C@@H](C)C(=O)NCc2ccc(OC3CCN(C)CC3)cc2)c1. The zero-order valence-electron chi connectivity index (χ0n) is 17.9. The van der Waals surface area contributed by atoms with E-state index in [0.717, 1.165) is 54.1 Å². The monoisotopic (exact) mass is 396 g/mol. The number of rotatable bonds is 7. The third-order valence-electron chi connectivity index (χ3n) is 5.24. The van der Waals surface area contributed by atoms with Crippen LogP contribution >= 0.6 is 0 Å². The molecule has 0 aliphatic carbocycles. The van der Waals surface area contributed by atoms with Gasteiger partial charge in [-0.3, -0.25) is 4.79 Å². The number of nitrogens with one attached hydrogen (secondary N) is 1. The third kappa shape index (κ3) is 6.50. The average molecular weight is 397 g/mol. The van der Waals surface area contributed by atoms with Gasteiger partial charge in [-0.1, -0.05) is 18.2 Å². The lowest BCUT2D eigenvalue weighted by molar-refractivity contribution is -0.127. The molecular weight excluding hydrogens is 364 g/mol. The molecule has 1 N–H and O–H groups in total. The molecule has 1 atom stereocenters.